The summed E-state index contributed by atoms with van der Waals surface area (Å²) >= 11 is 6.32. The highest BCUT2D eigenvalue weighted by atomic mass is 79.9. The molecule has 156 valence electrons. The highest BCUT2D eigenvalue weighted by Crippen LogP contribution is 2.27. The van der Waals surface area contributed by atoms with Crippen LogP contribution in [-0.4, -0.2) is 41.4 Å². The first-order valence-electron chi connectivity index (χ1n) is 8.01. The summed E-state index contributed by atoms with van der Waals surface area (Å²) < 4.78 is 35.4. The zero-order valence-electron chi connectivity index (χ0n) is 14.7. The standard InChI is InChI=1S/C17H16Br2N2O7S/c18-12-8-11(1-3-15(12)22)9-14(21-24)17(23)20-6-5-10-2-4-16(13(19)7-10)28-29(25,26)27/h1-4,7-8,22,24H,5-6,9H2,(H,20,23)(H,25,26,27). The fourth-order valence-corrected chi connectivity index (χ4v) is 3.73. The van der Waals surface area contributed by atoms with Crippen LogP contribution >= 0.6 is 31.9 Å². The molecule has 0 saturated heterocycles. The maximum absolute atomic E-state index is 12.2. The highest BCUT2D eigenvalue weighted by molar-refractivity contribution is 9.10. The van der Waals surface area contributed by atoms with Crippen molar-refractivity contribution in [3.8, 4) is 11.5 Å². The normalized spacial score (nSPS) is 11.9. The maximum atomic E-state index is 12.2. The second-order valence-electron chi connectivity index (χ2n) is 5.79. The Morgan fingerprint density at radius 1 is 1.10 bits per heavy atom. The number of hydrogen-bond donors (Lipinski definition) is 4. The van der Waals surface area contributed by atoms with Crippen molar-refractivity contribution < 1.29 is 32.3 Å². The van der Waals surface area contributed by atoms with Gasteiger partial charge in [0.15, 0.2) is 5.75 Å². The first-order valence-corrected chi connectivity index (χ1v) is 11.0. The van der Waals surface area contributed by atoms with Gasteiger partial charge in [-0.2, -0.15) is 8.42 Å². The van der Waals surface area contributed by atoms with Gasteiger partial charge in [-0.15, -0.1) is 0 Å². The van der Waals surface area contributed by atoms with Gasteiger partial charge in [-0.25, -0.2) is 0 Å². The Kier molecular flexibility index (Phi) is 8.02. The van der Waals surface area contributed by atoms with E-state index in [1.165, 1.54) is 12.1 Å². The number of nitrogens with one attached hydrogen (secondary N) is 1. The van der Waals surface area contributed by atoms with E-state index in [0.717, 1.165) is 5.56 Å². The Hall–Kier alpha value is -2.15. The number of amides is 1. The number of aromatic hydroxyl groups is 1. The van der Waals surface area contributed by atoms with Gasteiger partial charge in [-0.3, -0.25) is 9.35 Å². The molecule has 12 heteroatoms. The smallest absolute Gasteiger partial charge is 0.446 e. The summed E-state index contributed by atoms with van der Waals surface area (Å²) in [4.78, 5) is 12.2. The van der Waals surface area contributed by atoms with Gasteiger partial charge in [-0.05, 0) is 73.7 Å². The van der Waals surface area contributed by atoms with Gasteiger partial charge in [-0.1, -0.05) is 17.3 Å². The zero-order chi connectivity index (χ0) is 21.6. The Balaban J connectivity index is 1.92. The molecule has 2 rings (SSSR count). The van der Waals surface area contributed by atoms with Gasteiger partial charge in [0.2, 0.25) is 0 Å². The molecule has 0 fully saturated rings. The van der Waals surface area contributed by atoms with Crippen molar-refractivity contribution in [3.05, 3.63) is 56.5 Å². The molecule has 9 nitrogen and oxygen atoms in total. The van der Waals surface area contributed by atoms with Crippen LogP contribution < -0.4 is 9.50 Å². The van der Waals surface area contributed by atoms with E-state index in [1.54, 1.807) is 24.3 Å². The SMILES string of the molecule is O=C(NCCc1ccc(OS(=O)(=O)O)c(Br)c1)C(Cc1ccc(O)c(Br)c1)=NO. The third kappa shape index (κ3) is 7.31. The summed E-state index contributed by atoms with van der Waals surface area (Å²) in [5.74, 6) is -0.572. The Morgan fingerprint density at radius 3 is 2.34 bits per heavy atom. The van der Waals surface area contributed by atoms with E-state index in [-0.39, 0.29) is 30.2 Å². The number of rotatable bonds is 8. The van der Waals surface area contributed by atoms with Crippen molar-refractivity contribution in [1.82, 2.24) is 5.32 Å². The Labute approximate surface area is 183 Å². The van der Waals surface area contributed by atoms with Gasteiger partial charge in [0.05, 0.1) is 8.95 Å². The molecule has 0 radical (unpaired) electrons. The average Bonchev–Trinajstić information content (AvgIpc) is 2.63. The number of benzene rings is 2. The molecule has 0 aliphatic rings. The molecule has 0 aliphatic carbocycles. The maximum Gasteiger partial charge on any atom is 0.446 e. The van der Waals surface area contributed by atoms with Crippen molar-refractivity contribution in [2.45, 2.75) is 12.8 Å². The number of phenols is 1. The molecule has 0 bridgehead atoms. The van der Waals surface area contributed by atoms with Crippen LogP contribution in [0.2, 0.25) is 0 Å². The van der Waals surface area contributed by atoms with Gasteiger partial charge >= 0.3 is 10.4 Å². The lowest BCUT2D eigenvalue weighted by molar-refractivity contribution is -0.115. The highest BCUT2D eigenvalue weighted by Gasteiger charge is 2.14. The van der Waals surface area contributed by atoms with E-state index in [4.69, 9.17) is 9.76 Å². The van der Waals surface area contributed by atoms with Gasteiger partial charge in [0.1, 0.15) is 11.5 Å². The fraction of sp³-hybridized carbons (Fsp3) is 0.176. The van der Waals surface area contributed by atoms with Gasteiger partial charge in [0.25, 0.3) is 5.91 Å². The quantitative estimate of drug-likeness (QED) is 0.171. The number of hydrogen-bond acceptors (Lipinski definition) is 7. The minimum Gasteiger partial charge on any atom is -0.507 e. The van der Waals surface area contributed by atoms with E-state index in [1.807, 2.05) is 0 Å². The fourth-order valence-electron chi connectivity index (χ4n) is 2.32. The van der Waals surface area contributed by atoms with Crippen molar-refractivity contribution >= 4 is 53.9 Å². The van der Waals surface area contributed by atoms with E-state index in [2.05, 4.69) is 46.5 Å². The lowest BCUT2D eigenvalue weighted by Crippen LogP contribution is -2.33. The van der Waals surface area contributed by atoms with Crippen molar-refractivity contribution in [3.63, 3.8) is 0 Å². The molecule has 0 unspecified atom stereocenters. The summed E-state index contributed by atoms with van der Waals surface area (Å²) in [6.45, 7) is 0.224. The number of nitrogens with zero attached hydrogens (tertiary/aromatic N) is 1. The van der Waals surface area contributed by atoms with Gasteiger partial charge in [0, 0.05) is 13.0 Å². The van der Waals surface area contributed by atoms with Gasteiger partial charge < -0.3 is 19.8 Å². The number of carbonyl (C=O) groups is 1. The third-order valence-electron chi connectivity index (χ3n) is 3.66. The van der Waals surface area contributed by atoms with Crippen LogP contribution in [0.1, 0.15) is 11.1 Å². The molecule has 0 saturated carbocycles. The molecule has 0 spiro atoms. The third-order valence-corrected chi connectivity index (χ3v) is 5.30. The van der Waals surface area contributed by atoms with Crippen molar-refractivity contribution in [1.29, 1.82) is 0 Å². The number of halogens is 2. The van der Waals surface area contributed by atoms with Crippen LogP contribution in [0.3, 0.4) is 0 Å². The monoisotopic (exact) mass is 550 g/mol. The summed E-state index contributed by atoms with van der Waals surface area (Å²) in [6.07, 6.45) is 0.467. The Bertz CT molecular complexity index is 1040. The molecule has 0 atom stereocenters. The molecule has 29 heavy (non-hydrogen) atoms. The summed E-state index contributed by atoms with van der Waals surface area (Å²) in [7, 11) is -4.62. The zero-order valence-corrected chi connectivity index (χ0v) is 18.7. The van der Waals surface area contributed by atoms with E-state index >= 15 is 0 Å². The van der Waals surface area contributed by atoms with Crippen molar-refractivity contribution in [2.75, 3.05) is 6.54 Å². The average molecular weight is 552 g/mol. The van der Waals surface area contributed by atoms with Crippen LogP contribution in [0.4, 0.5) is 0 Å². The first-order chi connectivity index (χ1) is 13.6. The van der Waals surface area contributed by atoms with Crippen LogP contribution in [0.5, 0.6) is 11.5 Å². The van der Waals surface area contributed by atoms with E-state index < -0.39 is 16.3 Å². The Morgan fingerprint density at radius 2 is 1.76 bits per heavy atom. The molecule has 0 aromatic heterocycles. The van der Waals surface area contributed by atoms with E-state index in [0.29, 0.717) is 20.9 Å². The first kappa shape index (κ1) is 23.1. The summed E-state index contributed by atoms with van der Waals surface area (Å²) in [5.41, 5.74) is 1.32. The number of phenolic OH excluding ortho intramolecular Hbond substituents is 1. The van der Waals surface area contributed by atoms with Crippen LogP contribution in [0, 0.1) is 0 Å². The second-order valence-corrected chi connectivity index (χ2v) is 8.52. The molecule has 2 aromatic carbocycles. The predicted octanol–water partition coefficient (Wildman–Crippen LogP) is 2.83. The molecule has 0 aliphatic heterocycles. The predicted molar refractivity (Wildman–Crippen MR) is 112 cm³/mol. The topological polar surface area (TPSA) is 146 Å². The second kappa shape index (κ2) is 10.1. The summed E-state index contributed by atoms with van der Waals surface area (Å²) in [6, 6.07) is 9.19. The van der Waals surface area contributed by atoms with Crippen LogP contribution in [0.25, 0.3) is 0 Å². The lowest BCUT2D eigenvalue weighted by atomic mass is 10.1. The minimum absolute atomic E-state index is 0.0554. The summed E-state index contributed by atoms with van der Waals surface area (Å²) in [5, 5.41) is 24.3. The molecule has 1 amide bonds. The lowest BCUT2D eigenvalue weighted by Gasteiger charge is -2.09. The molecule has 2 aromatic rings. The molecule has 0 heterocycles. The van der Waals surface area contributed by atoms with E-state index in [9.17, 15) is 18.3 Å². The molecular formula is C17H16Br2N2O7S. The largest absolute Gasteiger partial charge is 0.507 e. The molecular weight excluding hydrogens is 536 g/mol. The number of oxime groups is 1. The minimum atomic E-state index is -4.62. The molecule has 4 N–H and O–H groups in total. The van der Waals surface area contributed by atoms with Crippen molar-refractivity contribution in [2.24, 2.45) is 5.16 Å². The van der Waals surface area contributed by atoms with Crippen LogP contribution in [-0.2, 0) is 28.0 Å². The van der Waals surface area contributed by atoms with Crippen LogP contribution in [0.15, 0.2) is 50.5 Å². The number of carbonyl (C=O) groups excluding carboxylic acids is 1.